The van der Waals surface area contributed by atoms with Gasteiger partial charge >= 0.3 is 0 Å². The lowest BCUT2D eigenvalue weighted by Crippen LogP contribution is -2.24. The molecular weight excluding hydrogens is 212 g/mol. The molecule has 0 atom stereocenters. The van der Waals surface area contributed by atoms with E-state index in [0.29, 0.717) is 5.69 Å². The van der Waals surface area contributed by atoms with Gasteiger partial charge in [0, 0.05) is 0 Å². The number of para-hydroxylation sites is 1. The van der Waals surface area contributed by atoms with Crippen LogP contribution >= 0.6 is 0 Å². The molecule has 0 aliphatic heterocycles. The lowest BCUT2D eigenvalue weighted by atomic mass is 10.3. The molecule has 0 bridgehead atoms. The van der Waals surface area contributed by atoms with Crippen LogP contribution in [0, 0.1) is 10.1 Å². The summed E-state index contributed by atoms with van der Waals surface area (Å²) in [6.45, 7) is 0. The van der Waals surface area contributed by atoms with Gasteiger partial charge in [-0.3, -0.25) is 15.0 Å². The summed E-state index contributed by atoms with van der Waals surface area (Å²) in [5.74, 6) is 0.0844. The van der Waals surface area contributed by atoms with Gasteiger partial charge in [0.05, 0.1) is 6.07 Å². The number of hydrogen-bond donors (Lipinski definition) is 2. The summed E-state index contributed by atoms with van der Waals surface area (Å²) in [6, 6.07) is 9.38. The molecule has 1 aromatic carbocycles. The van der Waals surface area contributed by atoms with Gasteiger partial charge in [0.15, 0.2) is 10.9 Å². The summed E-state index contributed by atoms with van der Waals surface area (Å²) in [6.07, 6.45) is 0. The topological polar surface area (TPSA) is 95.0 Å². The minimum atomic E-state index is -0.603. The number of aromatic nitrogens is 2. The quantitative estimate of drug-likeness (QED) is 0.596. The van der Waals surface area contributed by atoms with E-state index >= 15 is 0 Å². The Morgan fingerprint density at radius 1 is 1.19 bits per heavy atom. The zero-order chi connectivity index (χ0) is 11.5. The standard InChI is InChI=1S/C9H8N4O3/c14-9-6-8(10-11-9)12(13(15)16)7-4-2-1-3-5-7/h1-6H,(H2,10,11,14). The molecule has 0 fully saturated rings. The molecule has 0 amide bonds. The molecule has 2 aromatic rings. The minimum absolute atomic E-state index is 0.0844. The molecule has 0 unspecified atom stereocenters. The van der Waals surface area contributed by atoms with Crippen molar-refractivity contribution in [2.45, 2.75) is 0 Å². The van der Waals surface area contributed by atoms with Crippen molar-refractivity contribution >= 4 is 11.5 Å². The molecule has 0 aliphatic rings. The minimum Gasteiger partial charge on any atom is -0.278 e. The molecule has 0 aliphatic carbocycles. The van der Waals surface area contributed by atoms with Gasteiger partial charge in [-0.25, -0.2) is 10.1 Å². The molecule has 7 heteroatoms. The maximum atomic E-state index is 10.9. The molecule has 1 heterocycles. The fraction of sp³-hybridized carbons (Fsp3) is 0. The summed E-state index contributed by atoms with van der Waals surface area (Å²) in [4.78, 5) is 21.8. The van der Waals surface area contributed by atoms with Gasteiger partial charge in [-0.2, -0.15) is 0 Å². The first-order chi connectivity index (χ1) is 7.68. The van der Waals surface area contributed by atoms with Crippen LogP contribution in [0.2, 0.25) is 0 Å². The smallest absolute Gasteiger partial charge is 0.266 e. The van der Waals surface area contributed by atoms with E-state index in [0.717, 1.165) is 11.1 Å². The van der Waals surface area contributed by atoms with Gasteiger partial charge in [0.2, 0.25) is 0 Å². The van der Waals surface area contributed by atoms with Gasteiger partial charge < -0.3 is 0 Å². The third-order valence-corrected chi connectivity index (χ3v) is 1.97. The predicted molar refractivity (Wildman–Crippen MR) is 57.0 cm³/mol. The first-order valence-corrected chi connectivity index (χ1v) is 4.45. The van der Waals surface area contributed by atoms with Crippen LogP contribution in [0.5, 0.6) is 0 Å². The average Bonchev–Trinajstić information content (AvgIpc) is 2.66. The van der Waals surface area contributed by atoms with Crippen LogP contribution in [0.1, 0.15) is 0 Å². The van der Waals surface area contributed by atoms with Gasteiger partial charge in [0.25, 0.3) is 5.56 Å². The van der Waals surface area contributed by atoms with E-state index in [9.17, 15) is 14.9 Å². The second-order valence-electron chi connectivity index (χ2n) is 3.03. The molecule has 0 radical (unpaired) electrons. The number of nitrogens with zero attached hydrogens (tertiary/aromatic N) is 2. The first kappa shape index (κ1) is 9.97. The number of nitrogens with one attached hydrogen (secondary N) is 2. The van der Waals surface area contributed by atoms with Crippen LogP contribution in [0.4, 0.5) is 11.5 Å². The van der Waals surface area contributed by atoms with Gasteiger partial charge in [0.1, 0.15) is 5.69 Å². The van der Waals surface area contributed by atoms with Gasteiger partial charge in [-0.1, -0.05) is 18.2 Å². The highest BCUT2D eigenvalue weighted by atomic mass is 16.7. The Morgan fingerprint density at radius 3 is 2.38 bits per heavy atom. The molecule has 0 saturated heterocycles. The lowest BCUT2D eigenvalue weighted by molar-refractivity contribution is -0.483. The van der Waals surface area contributed by atoms with Gasteiger partial charge in [-0.05, 0) is 17.1 Å². The van der Waals surface area contributed by atoms with Crippen molar-refractivity contribution in [2.75, 3.05) is 5.01 Å². The Kier molecular flexibility index (Phi) is 2.42. The number of benzene rings is 1. The fourth-order valence-electron chi connectivity index (χ4n) is 1.33. The predicted octanol–water partition coefficient (Wildman–Crippen LogP) is 1.03. The summed E-state index contributed by atoms with van der Waals surface area (Å²) in [5, 5.41) is 15.8. The van der Waals surface area contributed by atoms with Crippen molar-refractivity contribution in [1.29, 1.82) is 0 Å². The van der Waals surface area contributed by atoms with E-state index < -0.39 is 10.6 Å². The van der Waals surface area contributed by atoms with Crippen molar-refractivity contribution < 1.29 is 5.03 Å². The molecule has 0 saturated carbocycles. The highest BCUT2D eigenvalue weighted by Crippen LogP contribution is 2.21. The Morgan fingerprint density at radius 2 is 1.88 bits per heavy atom. The highest BCUT2D eigenvalue weighted by molar-refractivity contribution is 5.55. The highest BCUT2D eigenvalue weighted by Gasteiger charge is 2.21. The Balaban J connectivity index is 2.47. The maximum Gasteiger partial charge on any atom is 0.266 e. The monoisotopic (exact) mass is 220 g/mol. The SMILES string of the molecule is O=c1cc(N(c2ccccc2)[N+](=O)[O-])[nH][nH]1. The van der Waals surface area contributed by atoms with Crippen molar-refractivity contribution in [3.05, 3.63) is 56.9 Å². The third kappa shape index (κ3) is 1.78. The first-order valence-electron chi connectivity index (χ1n) is 4.45. The van der Waals surface area contributed by atoms with Crippen LogP contribution in [0.25, 0.3) is 0 Å². The van der Waals surface area contributed by atoms with E-state index in [-0.39, 0.29) is 5.82 Å². The van der Waals surface area contributed by atoms with Crippen LogP contribution in [-0.4, -0.2) is 15.2 Å². The van der Waals surface area contributed by atoms with Crippen molar-refractivity contribution in [3.8, 4) is 0 Å². The van der Waals surface area contributed by atoms with E-state index in [2.05, 4.69) is 10.2 Å². The number of hydrazine groups is 1. The molecule has 7 nitrogen and oxygen atoms in total. The Labute approximate surface area is 89.4 Å². The Bertz CT molecular complexity index is 545. The summed E-state index contributed by atoms with van der Waals surface area (Å²) in [7, 11) is 0. The molecule has 2 rings (SSSR count). The van der Waals surface area contributed by atoms with E-state index in [1.54, 1.807) is 30.3 Å². The summed E-state index contributed by atoms with van der Waals surface area (Å²) in [5.41, 5.74) is -0.0551. The summed E-state index contributed by atoms with van der Waals surface area (Å²) < 4.78 is 0. The lowest BCUT2D eigenvalue weighted by Gasteiger charge is -2.10. The van der Waals surface area contributed by atoms with E-state index in [1.807, 2.05) is 0 Å². The van der Waals surface area contributed by atoms with E-state index in [1.165, 1.54) is 0 Å². The van der Waals surface area contributed by atoms with Gasteiger partial charge in [-0.15, -0.1) is 0 Å². The zero-order valence-electron chi connectivity index (χ0n) is 8.08. The molecule has 1 aromatic heterocycles. The number of rotatable bonds is 3. The average molecular weight is 220 g/mol. The van der Waals surface area contributed by atoms with E-state index in [4.69, 9.17) is 0 Å². The number of anilines is 2. The molecule has 82 valence electrons. The summed E-state index contributed by atoms with van der Waals surface area (Å²) >= 11 is 0. The molecular formula is C9H8N4O3. The van der Waals surface area contributed by atoms with Crippen molar-refractivity contribution in [2.24, 2.45) is 0 Å². The number of H-pyrrole nitrogens is 2. The van der Waals surface area contributed by atoms with Crippen molar-refractivity contribution in [3.63, 3.8) is 0 Å². The molecule has 16 heavy (non-hydrogen) atoms. The molecule has 0 spiro atoms. The second-order valence-corrected chi connectivity index (χ2v) is 3.03. The van der Waals surface area contributed by atoms with Crippen LogP contribution in [0.3, 0.4) is 0 Å². The number of hydrogen-bond acceptors (Lipinski definition) is 3. The third-order valence-electron chi connectivity index (χ3n) is 1.97. The Hall–Kier alpha value is -2.57. The van der Waals surface area contributed by atoms with Crippen molar-refractivity contribution in [1.82, 2.24) is 10.2 Å². The van der Waals surface area contributed by atoms with Crippen LogP contribution in [0.15, 0.2) is 41.2 Å². The fourth-order valence-corrected chi connectivity index (χ4v) is 1.33. The largest absolute Gasteiger partial charge is 0.278 e. The van der Waals surface area contributed by atoms with Crippen LogP contribution < -0.4 is 10.6 Å². The molecule has 2 N–H and O–H groups in total. The number of nitro groups is 1. The normalized spacial score (nSPS) is 10.0. The maximum absolute atomic E-state index is 10.9. The zero-order valence-corrected chi connectivity index (χ0v) is 8.08. The van der Waals surface area contributed by atoms with Crippen LogP contribution in [-0.2, 0) is 0 Å². The second kappa shape index (κ2) is 3.89. The number of aromatic amines is 2.